The smallest absolute Gasteiger partial charge is 0.321 e. The highest BCUT2D eigenvalue weighted by molar-refractivity contribution is 6.02. The predicted molar refractivity (Wildman–Crippen MR) is 144 cm³/mol. The van der Waals surface area contributed by atoms with Gasteiger partial charge in [0.2, 0.25) is 11.4 Å². The van der Waals surface area contributed by atoms with Crippen LogP contribution in [0.1, 0.15) is 93.4 Å². The fourth-order valence-electron chi connectivity index (χ4n) is 10.7. The minimum Gasteiger partial charge on any atom is -0.382 e. The fraction of sp³-hybridized carbons (Fsp3) is 0.812. The van der Waals surface area contributed by atoms with Crippen LogP contribution in [0.5, 0.6) is 0 Å². The first kappa shape index (κ1) is 28.9. The zero-order valence-electron chi connectivity index (χ0n) is 25.1. The number of aliphatic hydroxyl groups is 1. The summed E-state index contributed by atoms with van der Waals surface area (Å²) in [6.07, 6.45) is 5.02. The van der Waals surface area contributed by atoms with E-state index in [-0.39, 0.29) is 17.1 Å². The Balaban J connectivity index is 1.49. The zero-order valence-corrected chi connectivity index (χ0v) is 25.1. The molecular weight excluding hydrogens is 530 g/mol. The monoisotopic (exact) mass is 572 g/mol. The number of hydrogen-bond donors (Lipinski definition) is 2. The number of epoxide rings is 1. The highest BCUT2D eigenvalue weighted by Crippen LogP contribution is 2.76. The van der Waals surface area contributed by atoms with Gasteiger partial charge in [-0.1, -0.05) is 40.2 Å². The van der Waals surface area contributed by atoms with Crippen LogP contribution in [0, 0.1) is 50.7 Å². The molecule has 10 atom stereocenters. The lowest BCUT2D eigenvalue weighted by Crippen LogP contribution is -2.72. The second kappa shape index (κ2) is 7.85. The summed E-state index contributed by atoms with van der Waals surface area (Å²) in [6, 6.07) is 2.04. The second-order valence-corrected chi connectivity index (χ2v) is 15.9. The van der Waals surface area contributed by atoms with Gasteiger partial charge in [-0.05, 0) is 80.1 Å². The van der Waals surface area contributed by atoms with Crippen LogP contribution >= 0.6 is 0 Å². The average molecular weight is 573 g/mol. The van der Waals surface area contributed by atoms with E-state index in [2.05, 4.69) is 33.0 Å². The third kappa shape index (κ3) is 3.32. The van der Waals surface area contributed by atoms with Crippen molar-refractivity contribution in [3.05, 3.63) is 11.6 Å². The van der Waals surface area contributed by atoms with Crippen molar-refractivity contribution in [2.24, 2.45) is 39.4 Å². The van der Waals surface area contributed by atoms with Crippen molar-refractivity contribution in [2.75, 3.05) is 0 Å². The molecule has 5 aliphatic carbocycles. The highest BCUT2D eigenvalue weighted by atomic mass is 19.3. The van der Waals surface area contributed by atoms with E-state index in [0.29, 0.717) is 45.4 Å². The fourth-order valence-corrected chi connectivity index (χ4v) is 10.7. The Hall–Kier alpha value is -2.18. The Morgan fingerprint density at radius 2 is 1.73 bits per heavy atom. The summed E-state index contributed by atoms with van der Waals surface area (Å²) >= 11 is 0. The van der Waals surface area contributed by atoms with Gasteiger partial charge < -0.3 is 15.2 Å². The number of ketones is 2. The molecule has 0 radical (unpaired) electrons. The van der Waals surface area contributed by atoms with E-state index in [9.17, 15) is 33.5 Å². The van der Waals surface area contributed by atoms with Gasteiger partial charge in [0, 0.05) is 29.7 Å². The molecular formula is C32H42F2N2O5. The number of fused-ring (bicyclic) bond motifs is 9. The third-order valence-electron chi connectivity index (χ3n) is 13.2. The standard InChI is InChI=1S/C32H42F2N2O5/c1-25(2)10-12-31(36-24(39)30(7,33)34)13-11-27(4)21(17(31)15-25)18(37)14-20-26(27,3)9-8-19-28(20,5)23-32(16-35,41-23)22(38)29(19,6)40/h14,17,19,21,23,40H,8-13,15H2,1-7H3,(H,36,39)/t17?,19-,21?,23-,26-,27-,28+,29+,31+,32+/m1/s1. The Labute approximate surface area is 240 Å². The molecule has 2 unspecified atom stereocenters. The number of carbonyl (C=O) groups is 3. The summed E-state index contributed by atoms with van der Waals surface area (Å²) < 4.78 is 34.2. The van der Waals surface area contributed by atoms with Crippen LogP contribution < -0.4 is 5.32 Å². The van der Waals surface area contributed by atoms with E-state index in [1.165, 1.54) is 6.92 Å². The topological polar surface area (TPSA) is 120 Å². The number of nitrogens with zero attached hydrogens (tertiary/aromatic N) is 1. The normalized spacial score (nSPS) is 51.5. The largest absolute Gasteiger partial charge is 0.382 e. The molecule has 0 bridgehead atoms. The minimum absolute atomic E-state index is 0.106. The number of carbonyl (C=O) groups excluding carboxylic acids is 3. The number of Topliss-reactive ketones (excluding diaryl/α,β-unsaturated/α-hetero) is 1. The van der Waals surface area contributed by atoms with Gasteiger partial charge in [0.1, 0.15) is 17.8 Å². The number of ether oxygens (including phenoxy) is 1. The molecule has 0 spiro atoms. The maximum absolute atomic E-state index is 14.5. The molecule has 6 rings (SSSR count). The third-order valence-corrected chi connectivity index (χ3v) is 13.2. The highest BCUT2D eigenvalue weighted by Gasteiger charge is 2.83. The predicted octanol–water partition coefficient (Wildman–Crippen LogP) is 4.67. The van der Waals surface area contributed by atoms with Crippen molar-refractivity contribution in [1.82, 2.24) is 5.32 Å². The number of nitrogens with one attached hydrogen (secondary N) is 1. The van der Waals surface area contributed by atoms with E-state index in [0.717, 1.165) is 12.0 Å². The van der Waals surface area contributed by atoms with Gasteiger partial charge in [-0.25, -0.2) is 0 Å². The summed E-state index contributed by atoms with van der Waals surface area (Å²) in [5.74, 6) is -6.87. The van der Waals surface area contributed by atoms with E-state index in [1.807, 2.05) is 13.0 Å². The van der Waals surface area contributed by atoms with E-state index in [4.69, 9.17) is 4.74 Å². The number of nitriles is 1. The molecule has 1 aliphatic heterocycles. The molecule has 224 valence electrons. The molecule has 6 aliphatic rings. The molecule has 0 aromatic rings. The second-order valence-electron chi connectivity index (χ2n) is 15.9. The molecule has 0 aromatic carbocycles. The first-order chi connectivity index (χ1) is 18.7. The maximum atomic E-state index is 14.5. The van der Waals surface area contributed by atoms with E-state index in [1.54, 1.807) is 6.08 Å². The SMILES string of the molecule is CC1(C)CC[C@]2(NC(=O)C(C)(F)F)CC[C@]3(C)C(C(=O)C=C4[C@@]5(C)[C@H]6O[C@@]6(C#N)C(=O)[C@@](C)(O)[C@@H]5CC[C@]43C)C2C1. The molecule has 9 heteroatoms. The van der Waals surface area contributed by atoms with E-state index >= 15 is 0 Å². The lowest BCUT2D eigenvalue weighted by molar-refractivity contribution is -0.178. The number of hydrogen-bond acceptors (Lipinski definition) is 6. The van der Waals surface area contributed by atoms with Gasteiger partial charge >= 0.3 is 5.92 Å². The van der Waals surface area contributed by atoms with Gasteiger partial charge in [0.15, 0.2) is 5.78 Å². The Bertz CT molecular complexity index is 1340. The zero-order chi connectivity index (χ0) is 30.4. The molecule has 1 heterocycles. The molecule has 5 fully saturated rings. The van der Waals surface area contributed by atoms with Crippen molar-refractivity contribution < 1.29 is 33.0 Å². The van der Waals surface area contributed by atoms with Crippen LogP contribution in [0.15, 0.2) is 11.6 Å². The summed E-state index contributed by atoms with van der Waals surface area (Å²) in [7, 11) is 0. The van der Waals surface area contributed by atoms with Crippen LogP contribution in [-0.2, 0) is 19.1 Å². The average Bonchev–Trinajstić information content (AvgIpc) is 3.62. The Morgan fingerprint density at radius 1 is 1.10 bits per heavy atom. The molecule has 7 nitrogen and oxygen atoms in total. The van der Waals surface area contributed by atoms with Gasteiger partial charge in [0.05, 0.1) is 0 Å². The summed E-state index contributed by atoms with van der Waals surface area (Å²) in [5, 5.41) is 24.3. The number of rotatable bonds is 2. The number of halogens is 2. The number of allylic oxidation sites excluding steroid dienone is 1. The van der Waals surface area contributed by atoms with Gasteiger partial charge in [-0.3, -0.25) is 14.4 Å². The molecule has 1 saturated heterocycles. The van der Waals surface area contributed by atoms with Crippen LogP contribution in [0.4, 0.5) is 8.78 Å². The van der Waals surface area contributed by atoms with Gasteiger partial charge in [0.25, 0.3) is 5.91 Å². The molecule has 0 aromatic heterocycles. The van der Waals surface area contributed by atoms with Crippen LogP contribution in [0.25, 0.3) is 0 Å². The summed E-state index contributed by atoms with van der Waals surface area (Å²) in [6.45, 7) is 12.6. The van der Waals surface area contributed by atoms with Crippen molar-refractivity contribution in [3.63, 3.8) is 0 Å². The maximum Gasteiger partial charge on any atom is 0.321 e. The molecule has 1 amide bonds. The quantitative estimate of drug-likeness (QED) is 0.465. The van der Waals surface area contributed by atoms with Crippen LogP contribution in [0.3, 0.4) is 0 Å². The lowest BCUT2D eigenvalue weighted by Gasteiger charge is -2.69. The van der Waals surface area contributed by atoms with E-state index < -0.39 is 68.5 Å². The Kier molecular flexibility index (Phi) is 5.54. The van der Waals surface area contributed by atoms with Crippen molar-refractivity contribution in [3.8, 4) is 6.07 Å². The molecule has 41 heavy (non-hydrogen) atoms. The number of amides is 1. The summed E-state index contributed by atoms with van der Waals surface area (Å²) in [5.41, 5.74) is -5.73. The summed E-state index contributed by atoms with van der Waals surface area (Å²) in [4.78, 5) is 40.4. The minimum atomic E-state index is -3.53. The Morgan fingerprint density at radius 3 is 2.34 bits per heavy atom. The van der Waals surface area contributed by atoms with Crippen LogP contribution in [-0.4, -0.2) is 51.3 Å². The molecule has 2 N–H and O–H groups in total. The van der Waals surface area contributed by atoms with Crippen LogP contribution in [0.2, 0.25) is 0 Å². The van der Waals surface area contributed by atoms with Crippen molar-refractivity contribution in [2.45, 2.75) is 122 Å². The number of alkyl halides is 2. The van der Waals surface area contributed by atoms with Gasteiger partial charge in [-0.15, -0.1) is 0 Å². The van der Waals surface area contributed by atoms with Crippen molar-refractivity contribution in [1.29, 1.82) is 5.26 Å². The first-order valence-corrected chi connectivity index (χ1v) is 15.0. The first-order valence-electron chi connectivity index (χ1n) is 15.0. The lowest BCUT2D eigenvalue weighted by atomic mass is 9.35. The molecule has 4 saturated carbocycles. The van der Waals surface area contributed by atoms with Gasteiger partial charge in [-0.2, -0.15) is 14.0 Å². The van der Waals surface area contributed by atoms with Crippen molar-refractivity contribution >= 4 is 17.5 Å².